The van der Waals surface area contributed by atoms with Gasteiger partial charge in [-0.15, -0.1) is 0 Å². The second-order valence-electron chi connectivity index (χ2n) is 6.07. The van der Waals surface area contributed by atoms with Gasteiger partial charge in [-0.25, -0.2) is 0 Å². The van der Waals surface area contributed by atoms with Crippen LogP contribution in [0.2, 0.25) is 5.02 Å². The van der Waals surface area contributed by atoms with Gasteiger partial charge in [-0.2, -0.15) is 0 Å². The zero-order valence-electron chi connectivity index (χ0n) is 12.0. The molecule has 1 fully saturated rings. The van der Waals surface area contributed by atoms with Crippen LogP contribution in [0, 0.1) is 11.8 Å². The van der Waals surface area contributed by atoms with Crippen LogP contribution in [0.15, 0.2) is 18.2 Å². The van der Waals surface area contributed by atoms with E-state index in [0.717, 1.165) is 18.4 Å². The Kier molecular flexibility index (Phi) is 5.12. The van der Waals surface area contributed by atoms with E-state index in [9.17, 15) is 0 Å². The Balaban J connectivity index is 1.94. The zero-order chi connectivity index (χ0) is 13.8. The Morgan fingerprint density at radius 3 is 2.79 bits per heavy atom. The third kappa shape index (κ3) is 4.12. The Hall–Kier alpha value is -0.730. The minimum Gasteiger partial charge on any atom is -0.398 e. The molecule has 2 nitrogen and oxygen atoms in total. The highest BCUT2D eigenvalue weighted by Crippen LogP contribution is 2.26. The second-order valence-corrected chi connectivity index (χ2v) is 6.47. The Morgan fingerprint density at radius 1 is 1.32 bits per heavy atom. The first-order valence-corrected chi connectivity index (χ1v) is 7.70. The number of anilines is 1. The van der Waals surface area contributed by atoms with Crippen LogP contribution in [-0.2, 0) is 6.54 Å². The number of nitrogens with zero attached hydrogens (tertiary/aromatic N) is 1. The van der Waals surface area contributed by atoms with Crippen LogP contribution in [0.5, 0.6) is 0 Å². The van der Waals surface area contributed by atoms with E-state index in [-0.39, 0.29) is 0 Å². The Bertz CT molecular complexity index is 417. The molecule has 0 amide bonds. The lowest BCUT2D eigenvalue weighted by Gasteiger charge is -2.21. The fourth-order valence-electron chi connectivity index (χ4n) is 2.93. The van der Waals surface area contributed by atoms with Crippen molar-refractivity contribution in [3.8, 4) is 0 Å². The SMILES string of the molecule is CC(C)C1CCCN(Cc2ccc(N)c(Cl)c2)CC1. The van der Waals surface area contributed by atoms with Gasteiger partial charge in [-0.05, 0) is 61.9 Å². The highest BCUT2D eigenvalue weighted by molar-refractivity contribution is 6.33. The molecule has 1 aromatic carbocycles. The van der Waals surface area contributed by atoms with Gasteiger partial charge in [-0.3, -0.25) is 4.90 Å². The van der Waals surface area contributed by atoms with Gasteiger partial charge < -0.3 is 5.73 Å². The third-order valence-corrected chi connectivity index (χ3v) is 4.61. The standard InChI is InChI=1S/C16H25ClN2/c1-12(2)14-4-3-8-19(9-7-14)11-13-5-6-16(18)15(17)10-13/h5-6,10,12,14H,3-4,7-9,11,18H2,1-2H3. The van der Waals surface area contributed by atoms with Crippen LogP contribution in [0.1, 0.15) is 38.7 Å². The van der Waals surface area contributed by atoms with Crippen LogP contribution >= 0.6 is 11.6 Å². The average Bonchev–Trinajstić information content (AvgIpc) is 2.59. The molecule has 1 unspecified atom stereocenters. The number of benzene rings is 1. The molecule has 1 atom stereocenters. The Labute approximate surface area is 121 Å². The molecule has 1 aliphatic heterocycles. The predicted molar refractivity (Wildman–Crippen MR) is 83.3 cm³/mol. The van der Waals surface area contributed by atoms with E-state index in [1.165, 1.54) is 37.9 Å². The number of hydrogen-bond acceptors (Lipinski definition) is 2. The summed E-state index contributed by atoms with van der Waals surface area (Å²) in [5.41, 5.74) is 7.69. The van der Waals surface area contributed by atoms with Crippen molar-refractivity contribution in [1.82, 2.24) is 4.90 Å². The first-order valence-electron chi connectivity index (χ1n) is 7.32. The molecule has 0 radical (unpaired) electrons. The van der Waals surface area contributed by atoms with Crippen molar-refractivity contribution < 1.29 is 0 Å². The topological polar surface area (TPSA) is 29.3 Å². The number of nitrogen functional groups attached to an aromatic ring is 1. The van der Waals surface area contributed by atoms with Gasteiger partial charge in [0.1, 0.15) is 0 Å². The normalized spacial score (nSPS) is 21.6. The number of hydrogen-bond donors (Lipinski definition) is 1. The predicted octanol–water partition coefficient (Wildman–Crippen LogP) is 4.18. The smallest absolute Gasteiger partial charge is 0.0638 e. The van der Waals surface area contributed by atoms with E-state index >= 15 is 0 Å². The average molecular weight is 281 g/mol. The monoisotopic (exact) mass is 280 g/mol. The molecular formula is C16H25ClN2. The summed E-state index contributed by atoms with van der Waals surface area (Å²) in [5, 5.41) is 0.673. The molecule has 1 heterocycles. The second kappa shape index (κ2) is 6.62. The van der Waals surface area contributed by atoms with Crippen LogP contribution in [0.25, 0.3) is 0 Å². The minimum absolute atomic E-state index is 0.668. The molecule has 1 aromatic rings. The van der Waals surface area contributed by atoms with Gasteiger partial charge in [0.2, 0.25) is 0 Å². The fourth-order valence-corrected chi connectivity index (χ4v) is 3.14. The maximum atomic E-state index is 6.08. The third-order valence-electron chi connectivity index (χ3n) is 4.28. The number of halogens is 1. The van der Waals surface area contributed by atoms with Crippen molar-refractivity contribution in [2.45, 2.75) is 39.7 Å². The van der Waals surface area contributed by atoms with Crippen molar-refractivity contribution in [3.05, 3.63) is 28.8 Å². The van der Waals surface area contributed by atoms with Crippen molar-refractivity contribution in [2.75, 3.05) is 18.8 Å². The Morgan fingerprint density at radius 2 is 2.11 bits per heavy atom. The summed E-state index contributed by atoms with van der Waals surface area (Å²) < 4.78 is 0. The molecule has 1 saturated heterocycles. The first-order chi connectivity index (χ1) is 9.06. The van der Waals surface area contributed by atoms with Gasteiger partial charge in [0.25, 0.3) is 0 Å². The molecule has 2 rings (SSSR count). The molecule has 0 spiro atoms. The highest BCUT2D eigenvalue weighted by atomic mass is 35.5. The maximum absolute atomic E-state index is 6.08. The van der Waals surface area contributed by atoms with E-state index in [2.05, 4.69) is 24.8 Å². The maximum Gasteiger partial charge on any atom is 0.0638 e. The fraction of sp³-hybridized carbons (Fsp3) is 0.625. The number of likely N-dealkylation sites (tertiary alicyclic amines) is 1. The van der Waals surface area contributed by atoms with Gasteiger partial charge in [0.15, 0.2) is 0 Å². The lowest BCUT2D eigenvalue weighted by molar-refractivity contribution is 0.265. The summed E-state index contributed by atoms with van der Waals surface area (Å²) in [6.45, 7) is 8.08. The van der Waals surface area contributed by atoms with Crippen molar-refractivity contribution in [3.63, 3.8) is 0 Å². The summed E-state index contributed by atoms with van der Waals surface area (Å²) in [7, 11) is 0. The zero-order valence-corrected chi connectivity index (χ0v) is 12.8. The molecule has 3 heteroatoms. The summed E-state index contributed by atoms with van der Waals surface area (Å²) >= 11 is 6.08. The number of rotatable bonds is 3. The molecule has 19 heavy (non-hydrogen) atoms. The van der Waals surface area contributed by atoms with E-state index in [1.807, 2.05) is 12.1 Å². The molecule has 0 bridgehead atoms. The molecule has 0 aliphatic carbocycles. The van der Waals surface area contributed by atoms with Gasteiger partial charge in [-0.1, -0.05) is 31.5 Å². The van der Waals surface area contributed by atoms with Crippen molar-refractivity contribution >= 4 is 17.3 Å². The van der Waals surface area contributed by atoms with Crippen LogP contribution in [0.3, 0.4) is 0 Å². The van der Waals surface area contributed by atoms with Crippen LogP contribution in [-0.4, -0.2) is 18.0 Å². The summed E-state index contributed by atoms with van der Waals surface area (Å²) in [4.78, 5) is 2.55. The molecular weight excluding hydrogens is 256 g/mol. The molecule has 2 N–H and O–H groups in total. The molecule has 0 aromatic heterocycles. The summed E-state index contributed by atoms with van der Waals surface area (Å²) in [5.74, 6) is 1.70. The molecule has 0 saturated carbocycles. The summed E-state index contributed by atoms with van der Waals surface area (Å²) in [6.07, 6.45) is 4.00. The van der Waals surface area contributed by atoms with E-state index in [1.54, 1.807) is 0 Å². The molecule has 1 aliphatic rings. The van der Waals surface area contributed by atoms with Crippen molar-refractivity contribution in [2.24, 2.45) is 11.8 Å². The lowest BCUT2D eigenvalue weighted by Crippen LogP contribution is -2.24. The van der Waals surface area contributed by atoms with E-state index in [4.69, 9.17) is 17.3 Å². The van der Waals surface area contributed by atoms with Crippen molar-refractivity contribution in [1.29, 1.82) is 0 Å². The lowest BCUT2D eigenvalue weighted by atomic mass is 9.89. The van der Waals surface area contributed by atoms with Gasteiger partial charge >= 0.3 is 0 Å². The number of nitrogens with two attached hydrogens (primary N) is 1. The van der Waals surface area contributed by atoms with E-state index in [0.29, 0.717) is 10.7 Å². The highest BCUT2D eigenvalue weighted by Gasteiger charge is 2.19. The van der Waals surface area contributed by atoms with E-state index < -0.39 is 0 Å². The first kappa shape index (κ1) is 14.7. The minimum atomic E-state index is 0.668. The molecule has 106 valence electrons. The largest absolute Gasteiger partial charge is 0.398 e. The van der Waals surface area contributed by atoms with Gasteiger partial charge in [0.05, 0.1) is 10.7 Å². The quantitative estimate of drug-likeness (QED) is 0.842. The van der Waals surface area contributed by atoms with Gasteiger partial charge in [0, 0.05) is 6.54 Å². The van der Waals surface area contributed by atoms with Crippen LogP contribution < -0.4 is 5.73 Å². The summed E-state index contributed by atoms with van der Waals surface area (Å²) in [6, 6.07) is 6.00. The van der Waals surface area contributed by atoms with Crippen LogP contribution in [0.4, 0.5) is 5.69 Å².